The molecule has 0 aromatic heterocycles. The van der Waals surface area contributed by atoms with Crippen LogP contribution >= 0.6 is 0 Å². The Hall–Kier alpha value is -2.21. The molecule has 0 aromatic rings. The van der Waals surface area contributed by atoms with Gasteiger partial charge in [0.25, 0.3) is 0 Å². The normalized spacial score (nSPS) is 10.7. The third-order valence-corrected chi connectivity index (χ3v) is 3.65. The van der Waals surface area contributed by atoms with Gasteiger partial charge in [0, 0.05) is 31.8 Å². The van der Waals surface area contributed by atoms with Crippen LogP contribution < -0.4 is 10.6 Å². The van der Waals surface area contributed by atoms with E-state index in [1.54, 1.807) is 6.92 Å². The van der Waals surface area contributed by atoms with Gasteiger partial charge in [-0.2, -0.15) is 9.59 Å². The number of amides is 2. The molecule has 0 spiro atoms. The molecule has 8 nitrogen and oxygen atoms in total. The minimum absolute atomic E-state index is 0.0540. The Bertz CT molecular complexity index is 433. The lowest BCUT2D eigenvalue weighted by molar-refractivity contribution is -0.191. The number of carboxylic acid groups (broad SMARTS) is 1. The third kappa shape index (κ3) is 21.8. The Morgan fingerprint density at radius 3 is 2.12 bits per heavy atom. The summed E-state index contributed by atoms with van der Waals surface area (Å²) in [6.07, 6.45) is 7.99. The molecule has 0 radical (unpaired) electrons. The highest BCUT2D eigenvalue weighted by Crippen LogP contribution is 2.06. The Kier molecular flexibility index (Phi) is 19.1. The van der Waals surface area contributed by atoms with Crippen molar-refractivity contribution in [3.8, 4) is 0 Å². The maximum atomic E-state index is 11.6. The molecular formula is C18H32N2O6. The highest BCUT2D eigenvalue weighted by atomic mass is 16.4. The number of carbonyl (C=O) groups is 3. The molecule has 8 heteroatoms. The van der Waals surface area contributed by atoms with E-state index in [9.17, 15) is 14.4 Å². The molecule has 1 unspecified atom stereocenters. The van der Waals surface area contributed by atoms with E-state index in [0.717, 1.165) is 38.5 Å². The second kappa shape index (κ2) is 19.1. The second-order valence-corrected chi connectivity index (χ2v) is 6.12. The predicted molar refractivity (Wildman–Crippen MR) is 95.5 cm³/mol. The summed E-state index contributed by atoms with van der Waals surface area (Å²) in [5.41, 5.74) is 0. The van der Waals surface area contributed by atoms with Crippen molar-refractivity contribution in [3.05, 3.63) is 0 Å². The second-order valence-electron chi connectivity index (χ2n) is 6.12. The van der Waals surface area contributed by atoms with Crippen LogP contribution in [0.15, 0.2) is 0 Å². The van der Waals surface area contributed by atoms with Crippen LogP contribution in [0.25, 0.3) is 0 Å². The van der Waals surface area contributed by atoms with Gasteiger partial charge in [0.1, 0.15) is 5.78 Å². The molecule has 0 saturated heterocycles. The van der Waals surface area contributed by atoms with Crippen molar-refractivity contribution in [2.75, 3.05) is 6.54 Å². The zero-order chi connectivity index (χ0) is 20.2. The van der Waals surface area contributed by atoms with Crippen LogP contribution in [-0.2, 0) is 19.2 Å². The molecule has 0 aromatic carbocycles. The number of carboxylic acids is 1. The highest BCUT2D eigenvalue weighted by molar-refractivity contribution is 5.78. The number of hydrogen-bond donors (Lipinski definition) is 3. The molecule has 0 saturated carbocycles. The molecule has 26 heavy (non-hydrogen) atoms. The van der Waals surface area contributed by atoms with E-state index in [4.69, 9.17) is 14.7 Å². The summed E-state index contributed by atoms with van der Waals surface area (Å²) >= 11 is 0. The van der Waals surface area contributed by atoms with Crippen LogP contribution in [0.4, 0.5) is 4.79 Å². The van der Waals surface area contributed by atoms with Gasteiger partial charge in [0.05, 0.1) is 0 Å². The first kappa shape index (κ1) is 26.0. The van der Waals surface area contributed by atoms with Gasteiger partial charge in [0.2, 0.25) is 0 Å². The first-order valence-electron chi connectivity index (χ1n) is 9.14. The van der Waals surface area contributed by atoms with Gasteiger partial charge in [0.15, 0.2) is 0 Å². The van der Waals surface area contributed by atoms with Crippen LogP contribution in [0.3, 0.4) is 0 Å². The zero-order valence-electron chi connectivity index (χ0n) is 15.8. The standard InChI is InChI=1S/C17H32N2O4.CO2/c1-3-4-9-15(20)10-7-5-6-8-13-18-17(23)19-14(2)11-12-16(21)22;2-1-3/h14H,3-13H2,1-2H3,(H,21,22)(H2,18,19,23);. The van der Waals surface area contributed by atoms with Gasteiger partial charge < -0.3 is 15.7 Å². The Morgan fingerprint density at radius 1 is 0.962 bits per heavy atom. The van der Waals surface area contributed by atoms with E-state index in [0.29, 0.717) is 31.6 Å². The van der Waals surface area contributed by atoms with Gasteiger partial charge in [-0.1, -0.05) is 26.2 Å². The minimum Gasteiger partial charge on any atom is -0.481 e. The summed E-state index contributed by atoms with van der Waals surface area (Å²) in [7, 11) is 0. The van der Waals surface area contributed by atoms with Gasteiger partial charge in [-0.05, 0) is 32.6 Å². The maximum Gasteiger partial charge on any atom is 0.373 e. The monoisotopic (exact) mass is 372 g/mol. The van der Waals surface area contributed by atoms with E-state index in [1.165, 1.54) is 0 Å². The number of hydrogen-bond acceptors (Lipinski definition) is 5. The number of Topliss-reactive ketones (excluding diaryl/α,β-unsaturated/α-hetero) is 1. The van der Waals surface area contributed by atoms with Crippen molar-refractivity contribution < 1.29 is 29.1 Å². The van der Waals surface area contributed by atoms with Crippen molar-refractivity contribution in [1.82, 2.24) is 10.6 Å². The van der Waals surface area contributed by atoms with Crippen LogP contribution in [0.5, 0.6) is 0 Å². The molecule has 0 bridgehead atoms. The zero-order valence-corrected chi connectivity index (χ0v) is 15.8. The molecule has 0 aliphatic carbocycles. The average Bonchev–Trinajstić information content (AvgIpc) is 2.58. The number of unbranched alkanes of at least 4 members (excludes halogenated alkanes) is 4. The molecule has 0 aliphatic rings. The minimum atomic E-state index is -0.854. The summed E-state index contributed by atoms with van der Waals surface area (Å²) in [6, 6.07) is -0.405. The molecule has 3 N–H and O–H groups in total. The SMILES string of the molecule is CCCCC(=O)CCCCCCNC(=O)NC(C)CCC(=O)O.O=C=O. The van der Waals surface area contributed by atoms with Crippen LogP contribution in [-0.4, -0.2) is 41.6 Å². The van der Waals surface area contributed by atoms with E-state index in [2.05, 4.69) is 17.6 Å². The van der Waals surface area contributed by atoms with Crippen LogP contribution in [0, 0.1) is 0 Å². The summed E-state index contributed by atoms with van der Waals surface area (Å²) in [4.78, 5) is 49.7. The molecule has 1 atom stereocenters. The molecule has 0 fully saturated rings. The van der Waals surface area contributed by atoms with Gasteiger partial charge in [-0.3, -0.25) is 9.59 Å². The molecule has 0 aliphatic heterocycles. The van der Waals surface area contributed by atoms with E-state index in [1.807, 2.05) is 0 Å². The van der Waals surface area contributed by atoms with Crippen LogP contribution in [0.1, 0.15) is 78.1 Å². The lowest BCUT2D eigenvalue weighted by atomic mass is 10.1. The number of urea groups is 1. The van der Waals surface area contributed by atoms with Crippen molar-refractivity contribution in [2.24, 2.45) is 0 Å². The predicted octanol–water partition coefficient (Wildman–Crippen LogP) is 2.67. The summed E-state index contributed by atoms with van der Waals surface area (Å²) in [5.74, 6) is -0.494. The number of nitrogens with one attached hydrogen (secondary N) is 2. The van der Waals surface area contributed by atoms with E-state index < -0.39 is 5.97 Å². The summed E-state index contributed by atoms with van der Waals surface area (Å²) in [5, 5.41) is 14.0. The summed E-state index contributed by atoms with van der Waals surface area (Å²) in [6.45, 7) is 4.47. The van der Waals surface area contributed by atoms with Crippen molar-refractivity contribution in [3.63, 3.8) is 0 Å². The number of ketones is 1. The number of rotatable bonds is 14. The molecule has 2 amide bonds. The van der Waals surface area contributed by atoms with E-state index in [-0.39, 0.29) is 24.6 Å². The molecular weight excluding hydrogens is 340 g/mol. The van der Waals surface area contributed by atoms with Crippen molar-refractivity contribution in [1.29, 1.82) is 0 Å². The van der Waals surface area contributed by atoms with E-state index >= 15 is 0 Å². The summed E-state index contributed by atoms with van der Waals surface area (Å²) < 4.78 is 0. The van der Waals surface area contributed by atoms with Gasteiger partial charge >= 0.3 is 18.2 Å². The quantitative estimate of drug-likeness (QED) is 0.402. The lowest BCUT2D eigenvalue weighted by Gasteiger charge is -2.13. The van der Waals surface area contributed by atoms with Crippen molar-refractivity contribution >= 4 is 23.9 Å². The molecule has 150 valence electrons. The van der Waals surface area contributed by atoms with Crippen LogP contribution in [0.2, 0.25) is 0 Å². The highest BCUT2D eigenvalue weighted by Gasteiger charge is 2.08. The maximum absolute atomic E-state index is 11.6. The fourth-order valence-electron chi connectivity index (χ4n) is 2.19. The molecule has 0 heterocycles. The first-order chi connectivity index (χ1) is 12.4. The third-order valence-electron chi connectivity index (χ3n) is 3.65. The fourth-order valence-corrected chi connectivity index (χ4v) is 2.19. The lowest BCUT2D eigenvalue weighted by Crippen LogP contribution is -2.41. The number of carbonyl (C=O) groups excluding carboxylic acids is 4. The van der Waals surface area contributed by atoms with Gasteiger partial charge in [-0.15, -0.1) is 0 Å². The Labute approximate surface area is 155 Å². The first-order valence-corrected chi connectivity index (χ1v) is 9.14. The largest absolute Gasteiger partial charge is 0.481 e. The number of aliphatic carboxylic acids is 1. The smallest absolute Gasteiger partial charge is 0.373 e. The van der Waals surface area contributed by atoms with Gasteiger partial charge in [-0.25, -0.2) is 4.79 Å². The topological polar surface area (TPSA) is 130 Å². The average molecular weight is 372 g/mol. The Morgan fingerprint density at radius 2 is 1.54 bits per heavy atom. The Balaban J connectivity index is 0. The fraction of sp³-hybridized carbons (Fsp3) is 0.778. The van der Waals surface area contributed by atoms with Crippen molar-refractivity contribution in [2.45, 2.75) is 84.1 Å². The molecule has 0 rings (SSSR count).